The van der Waals surface area contributed by atoms with E-state index in [1.54, 1.807) is 10.6 Å². The van der Waals surface area contributed by atoms with Crippen molar-refractivity contribution in [2.45, 2.75) is 25.8 Å². The Bertz CT molecular complexity index is 837. The predicted octanol–water partition coefficient (Wildman–Crippen LogP) is 1.45. The van der Waals surface area contributed by atoms with E-state index in [9.17, 15) is 8.42 Å². The lowest BCUT2D eigenvalue weighted by Gasteiger charge is -2.43. The average Bonchev–Trinajstić information content (AvgIpc) is 2.95. The van der Waals surface area contributed by atoms with Crippen LogP contribution < -0.4 is 4.90 Å². The quantitative estimate of drug-likeness (QED) is 0.883. The van der Waals surface area contributed by atoms with Gasteiger partial charge in [0, 0.05) is 32.4 Å². The van der Waals surface area contributed by atoms with Crippen LogP contribution in [0.1, 0.15) is 19.8 Å². The summed E-state index contributed by atoms with van der Waals surface area (Å²) < 4.78 is 26.3. The van der Waals surface area contributed by atoms with Gasteiger partial charge in [0.15, 0.2) is 0 Å². The number of rotatable bonds is 5. The molecular formula is C16H23N5O2S. The number of nitrogens with zero attached hydrogens (tertiary/aromatic N) is 4. The zero-order valence-corrected chi connectivity index (χ0v) is 14.8. The number of aromatic amines is 1. The number of sulfonamides is 1. The second-order valence-electron chi connectivity index (χ2n) is 7.24. The van der Waals surface area contributed by atoms with Crippen molar-refractivity contribution >= 4 is 26.9 Å². The minimum Gasteiger partial charge on any atom is -0.356 e. The van der Waals surface area contributed by atoms with Gasteiger partial charge in [0.1, 0.15) is 17.8 Å². The highest BCUT2D eigenvalue weighted by atomic mass is 32.2. The minimum atomic E-state index is -3.07. The van der Waals surface area contributed by atoms with Gasteiger partial charge in [0.2, 0.25) is 10.0 Å². The van der Waals surface area contributed by atoms with Crippen LogP contribution >= 0.6 is 0 Å². The van der Waals surface area contributed by atoms with Gasteiger partial charge in [0.05, 0.1) is 11.1 Å². The molecule has 4 rings (SSSR count). The lowest BCUT2D eigenvalue weighted by molar-refractivity contribution is 0.211. The summed E-state index contributed by atoms with van der Waals surface area (Å²) >= 11 is 0. The van der Waals surface area contributed by atoms with Gasteiger partial charge in [-0.3, -0.25) is 0 Å². The molecule has 130 valence electrons. The Balaban J connectivity index is 1.38. The highest BCUT2D eigenvalue weighted by molar-refractivity contribution is 7.89. The molecule has 0 amide bonds. The molecule has 3 heterocycles. The number of fused-ring (bicyclic) bond motifs is 1. The Morgan fingerprint density at radius 2 is 2.08 bits per heavy atom. The normalized spacial score (nSPS) is 25.4. The maximum Gasteiger partial charge on any atom is 0.214 e. The predicted molar refractivity (Wildman–Crippen MR) is 93.3 cm³/mol. The van der Waals surface area contributed by atoms with Crippen molar-refractivity contribution in [1.82, 2.24) is 19.3 Å². The molecular weight excluding hydrogens is 326 g/mol. The van der Waals surface area contributed by atoms with Crippen LogP contribution in [0.25, 0.3) is 11.0 Å². The first-order valence-corrected chi connectivity index (χ1v) is 10.0. The largest absolute Gasteiger partial charge is 0.356 e. The Morgan fingerprint density at radius 1 is 1.33 bits per heavy atom. The van der Waals surface area contributed by atoms with Gasteiger partial charge in [-0.1, -0.05) is 6.92 Å². The molecule has 2 aromatic rings. The highest BCUT2D eigenvalue weighted by Crippen LogP contribution is 2.36. The van der Waals surface area contributed by atoms with E-state index in [-0.39, 0.29) is 11.7 Å². The minimum absolute atomic E-state index is 0.252. The second-order valence-corrected chi connectivity index (χ2v) is 9.25. The summed E-state index contributed by atoms with van der Waals surface area (Å²) in [6.45, 7) is 3.46. The Labute approximate surface area is 142 Å². The summed E-state index contributed by atoms with van der Waals surface area (Å²) in [6.07, 6.45) is 5.22. The van der Waals surface area contributed by atoms with Crippen molar-refractivity contribution in [3.63, 3.8) is 0 Å². The van der Waals surface area contributed by atoms with E-state index in [1.165, 1.54) is 0 Å². The summed E-state index contributed by atoms with van der Waals surface area (Å²) in [6, 6.07) is 2.32. The van der Waals surface area contributed by atoms with Crippen molar-refractivity contribution in [1.29, 1.82) is 0 Å². The fourth-order valence-corrected chi connectivity index (χ4v) is 5.78. The van der Waals surface area contributed by atoms with Gasteiger partial charge in [0.25, 0.3) is 0 Å². The molecule has 0 atom stereocenters. The molecule has 0 bridgehead atoms. The van der Waals surface area contributed by atoms with Crippen molar-refractivity contribution in [2.24, 2.45) is 11.8 Å². The molecule has 0 unspecified atom stereocenters. The van der Waals surface area contributed by atoms with E-state index in [1.807, 2.05) is 19.3 Å². The number of H-pyrrole nitrogens is 1. The van der Waals surface area contributed by atoms with Crippen LogP contribution in [0.5, 0.6) is 0 Å². The van der Waals surface area contributed by atoms with E-state index in [0.717, 1.165) is 29.7 Å². The maximum absolute atomic E-state index is 12.3. The molecule has 1 saturated carbocycles. The zero-order chi connectivity index (χ0) is 16.9. The summed E-state index contributed by atoms with van der Waals surface area (Å²) in [5.74, 6) is 1.94. The van der Waals surface area contributed by atoms with Crippen LogP contribution in [0.4, 0.5) is 5.82 Å². The van der Waals surface area contributed by atoms with Crippen molar-refractivity contribution in [2.75, 3.05) is 30.8 Å². The lowest BCUT2D eigenvalue weighted by atomic mass is 9.81. The van der Waals surface area contributed by atoms with Crippen LogP contribution in [0.3, 0.4) is 0 Å². The first-order chi connectivity index (χ1) is 11.4. The number of hydrogen-bond acceptors (Lipinski definition) is 5. The molecule has 24 heavy (non-hydrogen) atoms. The summed E-state index contributed by atoms with van der Waals surface area (Å²) in [5.41, 5.74) is 0.831. The van der Waals surface area contributed by atoms with Crippen LogP contribution in [0.15, 0.2) is 18.6 Å². The SMILES string of the molecule is CC1CN(S(=O)(=O)CC2CC(N(C)c3ncnc4[nH]ccc34)C2)C1. The third kappa shape index (κ3) is 2.67. The monoisotopic (exact) mass is 349 g/mol. The van der Waals surface area contributed by atoms with E-state index < -0.39 is 10.0 Å². The molecule has 2 aliphatic rings. The third-order valence-electron chi connectivity index (χ3n) is 5.30. The topological polar surface area (TPSA) is 82.2 Å². The van der Waals surface area contributed by atoms with Crippen molar-refractivity contribution < 1.29 is 8.42 Å². The molecule has 7 nitrogen and oxygen atoms in total. The van der Waals surface area contributed by atoms with Gasteiger partial charge in [-0.15, -0.1) is 0 Å². The third-order valence-corrected chi connectivity index (χ3v) is 7.27. The fourth-order valence-electron chi connectivity index (χ4n) is 3.74. The molecule has 0 radical (unpaired) electrons. The lowest BCUT2D eigenvalue weighted by Crippen LogP contribution is -2.52. The first kappa shape index (κ1) is 15.8. The van der Waals surface area contributed by atoms with Crippen LogP contribution in [-0.4, -0.2) is 59.6 Å². The molecule has 0 aromatic carbocycles. The zero-order valence-electron chi connectivity index (χ0n) is 14.0. The number of hydrogen-bond donors (Lipinski definition) is 1. The number of aromatic nitrogens is 3. The summed E-state index contributed by atoms with van der Waals surface area (Å²) in [7, 11) is -1.04. The van der Waals surface area contributed by atoms with Crippen molar-refractivity contribution in [3.8, 4) is 0 Å². The van der Waals surface area contributed by atoms with E-state index >= 15 is 0 Å². The van der Waals surface area contributed by atoms with Gasteiger partial charge >= 0.3 is 0 Å². The molecule has 1 saturated heterocycles. The van der Waals surface area contributed by atoms with Crippen LogP contribution in [0, 0.1) is 11.8 Å². The molecule has 1 aliphatic carbocycles. The van der Waals surface area contributed by atoms with E-state index in [4.69, 9.17) is 0 Å². The molecule has 8 heteroatoms. The highest BCUT2D eigenvalue weighted by Gasteiger charge is 2.40. The van der Waals surface area contributed by atoms with E-state index in [2.05, 4.69) is 26.8 Å². The number of anilines is 1. The second kappa shape index (κ2) is 5.70. The molecule has 2 fully saturated rings. The molecule has 1 N–H and O–H groups in total. The molecule has 1 aliphatic heterocycles. The van der Waals surface area contributed by atoms with Gasteiger partial charge < -0.3 is 9.88 Å². The summed E-state index contributed by atoms with van der Waals surface area (Å²) in [5, 5.41) is 1.01. The van der Waals surface area contributed by atoms with Gasteiger partial charge in [-0.2, -0.15) is 0 Å². The Morgan fingerprint density at radius 3 is 2.79 bits per heavy atom. The number of nitrogens with one attached hydrogen (secondary N) is 1. The standard InChI is InChI=1S/C16H23N5O2S/c1-11-7-21(8-11)24(22,23)9-12-5-13(6-12)20(2)16-14-3-4-17-15(14)18-10-19-16/h3-4,10-13H,5-9H2,1-2H3,(H,17,18,19). The van der Waals surface area contributed by atoms with Crippen molar-refractivity contribution in [3.05, 3.63) is 18.6 Å². The molecule has 0 spiro atoms. The van der Waals surface area contributed by atoms with Gasteiger partial charge in [-0.25, -0.2) is 22.7 Å². The first-order valence-electron chi connectivity index (χ1n) is 8.43. The van der Waals surface area contributed by atoms with E-state index in [0.29, 0.717) is 25.0 Å². The maximum atomic E-state index is 12.3. The average molecular weight is 349 g/mol. The van der Waals surface area contributed by atoms with Gasteiger partial charge in [-0.05, 0) is 30.7 Å². The summed E-state index contributed by atoms with van der Waals surface area (Å²) in [4.78, 5) is 13.9. The Hall–Kier alpha value is -1.67. The van der Waals surface area contributed by atoms with Crippen LogP contribution in [-0.2, 0) is 10.0 Å². The fraction of sp³-hybridized carbons (Fsp3) is 0.625. The molecule has 2 aromatic heterocycles. The smallest absolute Gasteiger partial charge is 0.214 e. The Kier molecular flexibility index (Phi) is 3.76. The van der Waals surface area contributed by atoms with Crippen LogP contribution in [0.2, 0.25) is 0 Å².